The average molecular weight is 223 g/mol. The van der Waals surface area contributed by atoms with Crippen molar-refractivity contribution in [2.75, 3.05) is 0 Å². The lowest BCUT2D eigenvalue weighted by molar-refractivity contribution is -0.115. The van der Waals surface area contributed by atoms with Gasteiger partial charge in [0.1, 0.15) is 0 Å². The van der Waals surface area contributed by atoms with Gasteiger partial charge < -0.3 is 5.73 Å². The van der Waals surface area contributed by atoms with Crippen LogP contribution in [0.5, 0.6) is 0 Å². The van der Waals surface area contributed by atoms with E-state index < -0.39 is 0 Å². The molecule has 4 fully saturated rings. The van der Waals surface area contributed by atoms with E-state index in [2.05, 4.69) is 13.8 Å². The van der Waals surface area contributed by atoms with Crippen LogP contribution in [0.4, 0.5) is 0 Å². The smallest absolute Gasteiger partial charge is 0.0790 e. The molecule has 4 aliphatic rings. The minimum absolute atomic E-state index is 0.234. The van der Waals surface area contributed by atoms with Gasteiger partial charge in [-0.1, -0.05) is 26.1 Å². The second-order valence-electron chi connectivity index (χ2n) is 7.27. The van der Waals surface area contributed by atoms with Crippen molar-refractivity contribution >= 4 is 17.2 Å². The fourth-order valence-electron chi connectivity index (χ4n) is 5.72. The van der Waals surface area contributed by atoms with Crippen LogP contribution in [0.25, 0.3) is 0 Å². The summed E-state index contributed by atoms with van der Waals surface area (Å²) in [6, 6.07) is 0. The van der Waals surface area contributed by atoms with E-state index in [0.717, 1.165) is 10.9 Å². The van der Waals surface area contributed by atoms with Crippen LogP contribution in [-0.2, 0) is 0 Å². The maximum absolute atomic E-state index is 6.04. The molecule has 4 bridgehead atoms. The molecule has 0 radical (unpaired) electrons. The van der Waals surface area contributed by atoms with Crippen molar-refractivity contribution in [3.63, 3.8) is 0 Å². The molecular formula is C13H21NS. The zero-order chi connectivity index (χ0) is 10.9. The molecule has 15 heavy (non-hydrogen) atoms. The molecule has 0 aromatic carbocycles. The Hall–Kier alpha value is -0.110. The van der Waals surface area contributed by atoms with E-state index in [-0.39, 0.29) is 5.41 Å². The first-order chi connectivity index (χ1) is 6.85. The number of thiocarbonyl (C=S) groups is 1. The molecule has 0 aliphatic heterocycles. The molecule has 0 aromatic heterocycles. The molecule has 0 saturated heterocycles. The summed E-state index contributed by atoms with van der Waals surface area (Å²) >= 11 is 5.36. The number of hydrogen-bond acceptors (Lipinski definition) is 1. The SMILES string of the molecule is CC12CC3CC(C)(C1)CC(C(N)=S)(C3)C2. The number of hydrogen-bond donors (Lipinski definition) is 1. The zero-order valence-corrected chi connectivity index (χ0v) is 10.6. The highest BCUT2D eigenvalue weighted by Gasteiger charge is 2.60. The summed E-state index contributed by atoms with van der Waals surface area (Å²) in [6.45, 7) is 4.92. The topological polar surface area (TPSA) is 26.0 Å². The molecule has 0 heterocycles. The first-order valence-corrected chi connectivity index (χ1v) is 6.56. The first-order valence-electron chi connectivity index (χ1n) is 6.15. The van der Waals surface area contributed by atoms with Crippen molar-refractivity contribution in [3.8, 4) is 0 Å². The van der Waals surface area contributed by atoms with Crippen LogP contribution >= 0.6 is 12.2 Å². The van der Waals surface area contributed by atoms with Gasteiger partial charge in [-0.2, -0.15) is 0 Å². The van der Waals surface area contributed by atoms with Crippen LogP contribution in [0, 0.1) is 22.2 Å². The van der Waals surface area contributed by atoms with Crippen molar-refractivity contribution in [1.82, 2.24) is 0 Å². The highest BCUT2D eigenvalue weighted by atomic mass is 32.1. The molecule has 1 nitrogen and oxygen atoms in total. The third kappa shape index (κ3) is 1.30. The Labute approximate surface area is 97.8 Å². The van der Waals surface area contributed by atoms with Crippen molar-refractivity contribution in [3.05, 3.63) is 0 Å². The fraction of sp³-hybridized carbons (Fsp3) is 0.923. The largest absolute Gasteiger partial charge is 0.393 e. The van der Waals surface area contributed by atoms with Gasteiger partial charge in [-0.05, 0) is 55.3 Å². The molecule has 2 unspecified atom stereocenters. The Kier molecular flexibility index (Phi) is 1.73. The average Bonchev–Trinajstić information content (AvgIpc) is 1.95. The van der Waals surface area contributed by atoms with Crippen molar-refractivity contribution in [1.29, 1.82) is 0 Å². The van der Waals surface area contributed by atoms with Crippen LogP contribution in [0.3, 0.4) is 0 Å². The van der Waals surface area contributed by atoms with Gasteiger partial charge in [0.2, 0.25) is 0 Å². The van der Waals surface area contributed by atoms with E-state index in [9.17, 15) is 0 Å². The Balaban J connectivity index is 2.05. The lowest BCUT2D eigenvalue weighted by Gasteiger charge is -2.65. The Bertz CT molecular complexity index is 317. The summed E-state index contributed by atoms with van der Waals surface area (Å²) in [5.74, 6) is 0.901. The molecule has 2 atom stereocenters. The highest BCUT2D eigenvalue weighted by molar-refractivity contribution is 7.80. The fourth-order valence-corrected chi connectivity index (χ4v) is 5.95. The Morgan fingerprint density at radius 3 is 2.00 bits per heavy atom. The maximum atomic E-state index is 6.04. The maximum Gasteiger partial charge on any atom is 0.0790 e. The van der Waals surface area contributed by atoms with E-state index >= 15 is 0 Å². The van der Waals surface area contributed by atoms with Crippen LogP contribution < -0.4 is 5.73 Å². The van der Waals surface area contributed by atoms with Gasteiger partial charge in [0.15, 0.2) is 0 Å². The van der Waals surface area contributed by atoms with E-state index in [0.29, 0.717) is 10.8 Å². The monoisotopic (exact) mass is 223 g/mol. The predicted molar refractivity (Wildman–Crippen MR) is 66.6 cm³/mol. The standard InChI is InChI=1S/C13H21NS/c1-11-3-9-4-12(2,6-11)8-13(5-9,7-11)10(14)15/h9H,3-8H2,1-2H3,(H2,14,15). The van der Waals surface area contributed by atoms with Gasteiger partial charge in [0.25, 0.3) is 0 Å². The molecule has 0 amide bonds. The summed E-state index contributed by atoms with van der Waals surface area (Å²) in [7, 11) is 0. The number of nitrogens with two attached hydrogens (primary N) is 1. The molecule has 4 rings (SSSR count). The second kappa shape index (κ2) is 2.58. The quantitative estimate of drug-likeness (QED) is 0.690. The molecule has 2 N–H and O–H groups in total. The van der Waals surface area contributed by atoms with Crippen molar-refractivity contribution < 1.29 is 0 Å². The van der Waals surface area contributed by atoms with E-state index in [1.807, 2.05) is 0 Å². The molecule has 0 aromatic rings. The summed E-state index contributed by atoms with van der Waals surface area (Å²) in [5.41, 5.74) is 7.35. The molecule has 84 valence electrons. The third-order valence-electron chi connectivity index (χ3n) is 5.15. The van der Waals surface area contributed by atoms with E-state index in [1.165, 1.54) is 38.5 Å². The van der Waals surface area contributed by atoms with Crippen LogP contribution in [0.15, 0.2) is 0 Å². The first kappa shape index (κ1) is 10.1. The van der Waals surface area contributed by atoms with Gasteiger partial charge in [-0.25, -0.2) is 0 Å². The van der Waals surface area contributed by atoms with Gasteiger partial charge in [0, 0.05) is 5.41 Å². The van der Waals surface area contributed by atoms with Crippen LogP contribution in [0.1, 0.15) is 52.4 Å². The summed E-state index contributed by atoms with van der Waals surface area (Å²) in [4.78, 5) is 0.809. The normalized spacial score (nSPS) is 57.1. The molecular weight excluding hydrogens is 202 g/mol. The number of rotatable bonds is 1. The second-order valence-corrected chi connectivity index (χ2v) is 7.71. The zero-order valence-electron chi connectivity index (χ0n) is 9.81. The molecule has 0 spiro atoms. The minimum Gasteiger partial charge on any atom is -0.393 e. The third-order valence-corrected chi connectivity index (χ3v) is 5.58. The van der Waals surface area contributed by atoms with E-state index in [1.54, 1.807) is 0 Å². The highest BCUT2D eigenvalue weighted by Crippen LogP contribution is 2.69. The predicted octanol–water partition coefficient (Wildman–Crippen LogP) is 3.27. The van der Waals surface area contributed by atoms with Gasteiger partial charge in [-0.15, -0.1) is 0 Å². The lowest BCUT2D eigenvalue weighted by Crippen LogP contribution is -2.58. The molecule has 4 aliphatic carbocycles. The Morgan fingerprint density at radius 1 is 1.07 bits per heavy atom. The lowest BCUT2D eigenvalue weighted by atomic mass is 9.40. The summed E-state index contributed by atoms with van der Waals surface area (Å²) in [6.07, 6.45) is 8.07. The molecule has 4 saturated carbocycles. The van der Waals surface area contributed by atoms with Crippen LogP contribution in [-0.4, -0.2) is 4.99 Å². The van der Waals surface area contributed by atoms with Crippen molar-refractivity contribution in [2.24, 2.45) is 27.9 Å². The van der Waals surface area contributed by atoms with E-state index in [4.69, 9.17) is 18.0 Å². The summed E-state index contributed by atoms with van der Waals surface area (Å²) in [5, 5.41) is 0. The summed E-state index contributed by atoms with van der Waals surface area (Å²) < 4.78 is 0. The Morgan fingerprint density at radius 2 is 1.60 bits per heavy atom. The molecule has 2 heteroatoms. The van der Waals surface area contributed by atoms with Gasteiger partial charge >= 0.3 is 0 Å². The van der Waals surface area contributed by atoms with Gasteiger partial charge in [-0.3, -0.25) is 0 Å². The minimum atomic E-state index is 0.234. The van der Waals surface area contributed by atoms with Gasteiger partial charge in [0.05, 0.1) is 4.99 Å². The van der Waals surface area contributed by atoms with Crippen molar-refractivity contribution in [2.45, 2.75) is 52.4 Å². The van der Waals surface area contributed by atoms with Crippen LogP contribution in [0.2, 0.25) is 0 Å².